The lowest BCUT2D eigenvalue weighted by atomic mass is 10.1. The van der Waals surface area contributed by atoms with Gasteiger partial charge in [0.15, 0.2) is 0 Å². The summed E-state index contributed by atoms with van der Waals surface area (Å²) in [6.07, 6.45) is -4.19. The zero-order valence-electron chi connectivity index (χ0n) is 19.6. The van der Waals surface area contributed by atoms with E-state index in [1.165, 1.54) is 12.1 Å². The Hall–Kier alpha value is -3.60. The normalized spacial score (nSPS) is 12.0. The van der Waals surface area contributed by atoms with Gasteiger partial charge in [0, 0.05) is 31.5 Å². The van der Waals surface area contributed by atoms with Crippen molar-refractivity contribution in [1.82, 2.24) is 9.55 Å². The molecule has 1 aromatic heterocycles. The predicted octanol–water partition coefficient (Wildman–Crippen LogP) is 4.08. The van der Waals surface area contributed by atoms with Crippen LogP contribution in [-0.2, 0) is 22.3 Å². The third-order valence-corrected chi connectivity index (χ3v) is 5.37. The molecule has 0 saturated heterocycles. The van der Waals surface area contributed by atoms with E-state index in [1.54, 1.807) is 30.5 Å². The van der Waals surface area contributed by atoms with Gasteiger partial charge in [-0.2, -0.15) is 13.2 Å². The van der Waals surface area contributed by atoms with Crippen molar-refractivity contribution in [1.29, 1.82) is 0 Å². The summed E-state index contributed by atoms with van der Waals surface area (Å²) in [5.41, 5.74) is 0.198. The van der Waals surface area contributed by atoms with Gasteiger partial charge < -0.3 is 19.3 Å². The average molecular weight is 492 g/mol. The number of aromatic nitrogens is 2. The lowest BCUT2D eigenvalue weighted by Gasteiger charge is -2.30. The molecule has 11 heteroatoms. The van der Waals surface area contributed by atoms with Gasteiger partial charge in [0.1, 0.15) is 5.60 Å². The quantitative estimate of drug-likeness (QED) is 0.414. The smallest absolute Gasteiger partial charge is 0.416 e. The third-order valence-electron chi connectivity index (χ3n) is 5.37. The van der Waals surface area contributed by atoms with Crippen LogP contribution in [0.25, 0.3) is 11.0 Å². The minimum atomic E-state index is -4.57. The first kappa shape index (κ1) is 26.0. The first-order valence-corrected chi connectivity index (χ1v) is 10.9. The van der Waals surface area contributed by atoms with Crippen molar-refractivity contribution in [3.05, 3.63) is 53.6 Å². The third kappa shape index (κ3) is 6.30. The lowest BCUT2D eigenvalue weighted by Crippen LogP contribution is -2.38. The molecule has 188 valence electrons. The second-order valence-electron chi connectivity index (χ2n) is 8.70. The van der Waals surface area contributed by atoms with Crippen LogP contribution in [0.1, 0.15) is 36.2 Å². The second kappa shape index (κ2) is 10.3. The number of ether oxygens (including phenoxy) is 1. The van der Waals surface area contributed by atoms with Crippen LogP contribution in [0.4, 0.5) is 24.8 Å². The van der Waals surface area contributed by atoms with Crippen molar-refractivity contribution in [3.63, 3.8) is 0 Å². The van der Waals surface area contributed by atoms with Crippen LogP contribution in [-0.4, -0.2) is 52.8 Å². The maximum Gasteiger partial charge on any atom is 0.416 e. The number of anilines is 2. The van der Waals surface area contributed by atoms with Crippen molar-refractivity contribution in [3.8, 4) is 0 Å². The number of aliphatic hydroxyl groups is 1. The first-order chi connectivity index (χ1) is 16.4. The summed E-state index contributed by atoms with van der Waals surface area (Å²) >= 11 is 0. The summed E-state index contributed by atoms with van der Waals surface area (Å²) in [7, 11) is 1.83. The fourth-order valence-corrected chi connectivity index (χ4v) is 3.75. The Morgan fingerprint density at radius 1 is 1.23 bits per heavy atom. The Morgan fingerprint density at radius 2 is 1.97 bits per heavy atom. The summed E-state index contributed by atoms with van der Waals surface area (Å²) in [6, 6.07) is 9.58. The van der Waals surface area contributed by atoms with Crippen LogP contribution in [0.5, 0.6) is 0 Å². The van der Waals surface area contributed by atoms with Gasteiger partial charge in [0.2, 0.25) is 5.95 Å². The summed E-state index contributed by atoms with van der Waals surface area (Å²) in [4.78, 5) is 29.9. The number of carbonyl (C=O) groups is 2. The molecular formula is C24H27F3N4O4. The van der Waals surface area contributed by atoms with Crippen molar-refractivity contribution in [2.24, 2.45) is 0 Å². The second-order valence-corrected chi connectivity index (χ2v) is 8.70. The molecule has 0 aliphatic heterocycles. The number of alkyl halides is 3. The number of nitrogens with one attached hydrogen (secondary N) is 1. The van der Waals surface area contributed by atoms with Gasteiger partial charge in [0.25, 0.3) is 12.4 Å². The lowest BCUT2D eigenvalue weighted by molar-refractivity contribution is -0.139. The Bertz CT molecular complexity index is 1210. The maximum atomic E-state index is 13.0. The number of nitrogens with zero attached hydrogens (tertiary/aromatic N) is 3. The zero-order valence-corrected chi connectivity index (χ0v) is 19.6. The molecule has 0 aliphatic carbocycles. The summed E-state index contributed by atoms with van der Waals surface area (Å²) in [5.74, 6) is -0.581. The highest BCUT2D eigenvalue weighted by Gasteiger charge is 2.31. The number of carbonyl (C=O) groups excluding carboxylic acids is 2. The van der Waals surface area contributed by atoms with E-state index < -0.39 is 23.2 Å². The number of hydrogen-bond donors (Lipinski definition) is 2. The van der Waals surface area contributed by atoms with Crippen molar-refractivity contribution >= 4 is 35.0 Å². The molecule has 0 unspecified atom stereocenters. The van der Waals surface area contributed by atoms with E-state index in [4.69, 9.17) is 4.74 Å². The van der Waals surface area contributed by atoms with Crippen LogP contribution in [0.15, 0.2) is 42.5 Å². The minimum Gasteiger partial charge on any atom is -0.460 e. The number of hydrogen-bond acceptors (Lipinski definition) is 6. The largest absolute Gasteiger partial charge is 0.460 e. The monoisotopic (exact) mass is 492 g/mol. The SMILES string of the molecule is CN(CC(C)(C)OC=O)c1ccc2c(c1)nc(NC(=O)c1cccc(C(F)(F)F)c1)n2CCCO. The molecule has 1 amide bonds. The molecular weight excluding hydrogens is 465 g/mol. The number of halogens is 3. The van der Waals surface area contributed by atoms with Gasteiger partial charge >= 0.3 is 6.18 Å². The fraction of sp³-hybridized carbons (Fsp3) is 0.375. The van der Waals surface area contributed by atoms with Gasteiger partial charge in [-0.1, -0.05) is 6.07 Å². The molecule has 0 fully saturated rings. The molecule has 0 atom stereocenters. The van der Waals surface area contributed by atoms with Crippen LogP contribution < -0.4 is 10.2 Å². The number of likely N-dealkylation sites (N-methyl/N-ethyl adjacent to an activating group) is 1. The van der Waals surface area contributed by atoms with Gasteiger partial charge in [-0.25, -0.2) is 4.98 Å². The fourth-order valence-electron chi connectivity index (χ4n) is 3.75. The van der Waals surface area contributed by atoms with Gasteiger partial charge in [-0.3, -0.25) is 14.9 Å². The highest BCUT2D eigenvalue weighted by molar-refractivity contribution is 6.04. The number of imidazole rings is 1. The molecule has 0 aliphatic rings. The number of amides is 1. The number of aryl methyl sites for hydroxylation is 1. The molecule has 0 saturated carbocycles. The predicted molar refractivity (Wildman–Crippen MR) is 125 cm³/mol. The molecule has 2 aromatic carbocycles. The molecule has 0 radical (unpaired) electrons. The minimum absolute atomic E-state index is 0.0900. The Balaban J connectivity index is 1.93. The molecule has 0 bridgehead atoms. The number of rotatable bonds is 10. The highest BCUT2D eigenvalue weighted by atomic mass is 19.4. The molecule has 0 spiro atoms. The topological polar surface area (TPSA) is 96.7 Å². The Labute approximate surface area is 200 Å². The number of aliphatic hydroxyl groups excluding tert-OH is 1. The Morgan fingerprint density at radius 3 is 2.63 bits per heavy atom. The zero-order chi connectivity index (χ0) is 25.8. The van der Waals surface area contributed by atoms with Crippen LogP contribution in [0.3, 0.4) is 0 Å². The van der Waals surface area contributed by atoms with Crippen molar-refractivity contribution in [2.75, 3.05) is 30.4 Å². The van der Waals surface area contributed by atoms with Crippen LogP contribution in [0, 0.1) is 0 Å². The summed E-state index contributed by atoms with van der Waals surface area (Å²) in [6.45, 7) is 4.61. The Kier molecular flexibility index (Phi) is 7.69. The summed E-state index contributed by atoms with van der Waals surface area (Å²) in [5, 5.41) is 11.9. The van der Waals surface area contributed by atoms with E-state index in [-0.39, 0.29) is 18.1 Å². The van der Waals surface area contributed by atoms with E-state index in [9.17, 15) is 27.9 Å². The molecule has 8 nitrogen and oxygen atoms in total. The average Bonchev–Trinajstić information content (AvgIpc) is 3.12. The molecule has 1 heterocycles. The van der Waals surface area contributed by atoms with E-state index in [1.807, 2.05) is 18.0 Å². The summed E-state index contributed by atoms with van der Waals surface area (Å²) < 4.78 is 46.0. The van der Waals surface area contributed by atoms with Gasteiger partial charge in [-0.05, 0) is 56.7 Å². The molecule has 3 aromatic rings. The van der Waals surface area contributed by atoms with E-state index in [0.29, 0.717) is 37.0 Å². The van der Waals surface area contributed by atoms with Gasteiger partial charge in [-0.15, -0.1) is 0 Å². The molecule has 2 N–H and O–H groups in total. The molecule has 3 rings (SSSR count). The number of benzene rings is 2. The number of fused-ring (bicyclic) bond motifs is 1. The van der Waals surface area contributed by atoms with Crippen molar-refractivity contribution < 1.29 is 32.6 Å². The first-order valence-electron chi connectivity index (χ1n) is 10.9. The highest BCUT2D eigenvalue weighted by Crippen LogP contribution is 2.30. The van der Waals surface area contributed by atoms with Gasteiger partial charge in [0.05, 0.1) is 23.1 Å². The molecule has 35 heavy (non-hydrogen) atoms. The van der Waals surface area contributed by atoms with Crippen molar-refractivity contribution in [2.45, 2.75) is 38.6 Å². The van der Waals surface area contributed by atoms with Crippen LogP contribution in [0.2, 0.25) is 0 Å². The van der Waals surface area contributed by atoms with E-state index in [2.05, 4.69) is 10.3 Å². The van der Waals surface area contributed by atoms with Crippen LogP contribution >= 0.6 is 0 Å². The van der Waals surface area contributed by atoms with E-state index >= 15 is 0 Å². The maximum absolute atomic E-state index is 13.0. The standard InChI is InChI=1S/C24H27F3N4O4/c1-23(2,35-15-33)14-30(3)18-8-9-20-19(13-18)28-22(31(20)10-5-11-32)29-21(34)16-6-4-7-17(12-16)24(25,26)27/h4,6-9,12-13,15,32H,5,10-11,14H2,1-3H3,(H,28,29,34). The van der Waals surface area contributed by atoms with E-state index in [0.717, 1.165) is 17.8 Å².